The first-order valence-electron chi connectivity index (χ1n) is 3.55. The minimum absolute atomic E-state index is 0.514. The van der Waals surface area contributed by atoms with Gasteiger partial charge in [0.1, 0.15) is 6.61 Å². The molecule has 0 bridgehead atoms. The van der Waals surface area contributed by atoms with Crippen molar-refractivity contribution in [2.24, 2.45) is 10.9 Å². The Labute approximate surface area is 61.6 Å². The lowest BCUT2D eigenvalue weighted by atomic mass is 10.1. The average molecular weight is 139 g/mol. The topological polar surface area (TPSA) is 21.6 Å². The van der Waals surface area contributed by atoms with Crippen LogP contribution in [0.5, 0.6) is 0 Å². The van der Waals surface area contributed by atoms with E-state index in [0.717, 1.165) is 0 Å². The number of allylic oxidation sites excluding steroid dienone is 1. The maximum Gasteiger partial charge on any atom is 0.174 e. The molecule has 0 aromatic carbocycles. The van der Waals surface area contributed by atoms with Gasteiger partial charge in [-0.25, -0.2) is 4.99 Å². The van der Waals surface area contributed by atoms with Crippen molar-refractivity contribution in [3.8, 4) is 0 Å². The van der Waals surface area contributed by atoms with Gasteiger partial charge >= 0.3 is 0 Å². The van der Waals surface area contributed by atoms with Crippen molar-refractivity contribution in [1.82, 2.24) is 0 Å². The second-order valence-corrected chi connectivity index (χ2v) is 2.87. The van der Waals surface area contributed by atoms with Crippen LogP contribution >= 0.6 is 0 Å². The molecule has 10 heavy (non-hydrogen) atoms. The molecule has 56 valence electrons. The van der Waals surface area contributed by atoms with E-state index >= 15 is 0 Å². The molecule has 0 saturated heterocycles. The second-order valence-electron chi connectivity index (χ2n) is 2.87. The minimum atomic E-state index is 0.514. The van der Waals surface area contributed by atoms with E-state index < -0.39 is 0 Å². The Morgan fingerprint density at radius 1 is 1.60 bits per heavy atom. The van der Waals surface area contributed by atoms with E-state index in [1.54, 1.807) is 0 Å². The van der Waals surface area contributed by atoms with Gasteiger partial charge in [0, 0.05) is 5.70 Å². The second kappa shape index (κ2) is 2.86. The van der Waals surface area contributed by atoms with Crippen molar-refractivity contribution >= 4 is 6.40 Å². The first-order valence-corrected chi connectivity index (χ1v) is 3.55. The van der Waals surface area contributed by atoms with Gasteiger partial charge in [0.05, 0.1) is 0 Å². The number of ether oxygens (including phenoxy) is 1. The predicted octanol–water partition coefficient (Wildman–Crippen LogP) is 1.97. The Morgan fingerprint density at radius 3 is 2.70 bits per heavy atom. The molecule has 1 aliphatic rings. The minimum Gasteiger partial charge on any atom is -0.479 e. The van der Waals surface area contributed by atoms with Gasteiger partial charge in [-0.05, 0) is 18.4 Å². The SMILES string of the molecule is CC1=C(C(C)C)N=COC1. The third kappa shape index (κ3) is 1.38. The van der Waals surface area contributed by atoms with Crippen molar-refractivity contribution in [2.45, 2.75) is 20.8 Å². The smallest absolute Gasteiger partial charge is 0.174 e. The molecule has 0 N–H and O–H groups in total. The van der Waals surface area contributed by atoms with Crippen LogP contribution < -0.4 is 0 Å². The Bertz CT molecular complexity index is 180. The molecule has 0 aliphatic carbocycles. The van der Waals surface area contributed by atoms with Crippen LogP contribution in [-0.4, -0.2) is 13.0 Å². The number of nitrogens with zero attached hydrogens (tertiary/aromatic N) is 1. The summed E-state index contributed by atoms with van der Waals surface area (Å²) in [5, 5.41) is 0. The molecular weight excluding hydrogens is 126 g/mol. The first kappa shape index (κ1) is 7.32. The van der Waals surface area contributed by atoms with E-state index in [0.29, 0.717) is 12.5 Å². The van der Waals surface area contributed by atoms with Gasteiger partial charge in [-0.2, -0.15) is 0 Å². The van der Waals surface area contributed by atoms with Crippen molar-refractivity contribution in [3.05, 3.63) is 11.3 Å². The maximum absolute atomic E-state index is 5.01. The fourth-order valence-electron chi connectivity index (χ4n) is 1.08. The van der Waals surface area contributed by atoms with Crippen LogP contribution in [0.1, 0.15) is 20.8 Å². The summed E-state index contributed by atoms with van der Waals surface area (Å²) >= 11 is 0. The predicted molar refractivity (Wildman–Crippen MR) is 42.0 cm³/mol. The van der Waals surface area contributed by atoms with E-state index in [-0.39, 0.29) is 0 Å². The summed E-state index contributed by atoms with van der Waals surface area (Å²) in [5.74, 6) is 0.514. The van der Waals surface area contributed by atoms with E-state index in [9.17, 15) is 0 Å². The maximum atomic E-state index is 5.01. The fourth-order valence-corrected chi connectivity index (χ4v) is 1.08. The van der Waals surface area contributed by atoms with Gasteiger partial charge in [-0.1, -0.05) is 13.8 Å². The van der Waals surface area contributed by atoms with Crippen LogP contribution in [0.25, 0.3) is 0 Å². The van der Waals surface area contributed by atoms with Crippen LogP contribution in [-0.2, 0) is 4.74 Å². The van der Waals surface area contributed by atoms with Crippen LogP contribution in [0.2, 0.25) is 0 Å². The molecule has 0 unspecified atom stereocenters. The van der Waals surface area contributed by atoms with E-state index in [1.165, 1.54) is 17.7 Å². The van der Waals surface area contributed by atoms with Crippen molar-refractivity contribution < 1.29 is 4.74 Å². The first-order chi connectivity index (χ1) is 4.72. The number of hydrogen-bond donors (Lipinski definition) is 0. The van der Waals surface area contributed by atoms with Crippen molar-refractivity contribution in [1.29, 1.82) is 0 Å². The largest absolute Gasteiger partial charge is 0.479 e. The molecule has 0 aromatic heterocycles. The van der Waals surface area contributed by atoms with Gasteiger partial charge in [0.2, 0.25) is 0 Å². The van der Waals surface area contributed by atoms with Gasteiger partial charge < -0.3 is 4.74 Å². The highest BCUT2D eigenvalue weighted by Crippen LogP contribution is 2.18. The molecule has 0 atom stereocenters. The fraction of sp³-hybridized carbons (Fsp3) is 0.625. The highest BCUT2D eigenvalue weighted by molar-refractivity contribution is 5.51. The van der Waals surface area contributed by atoms with Gasteiger partial charge in [-0.3, -0.25) is 0 Å². The molecule has 0 amide bonds. The standard InChI is InChI=1S/C8H13NO/c1-6(2)8-7(3)4-10-5-9-8/h5-6H,4H2,1-3H3. The summed E-state index contributed by atoms with van der Waals surface area (Å²) in [6, 6.07) is 0. The summed E-state index contributed by atoms with van der Waals surface area (Å²) in [6.45, 7) is 7.05. The van der Waals surface area contributed by atoms with Crippen molar-refractivity contribution in [3.63, 3.8) is 0 Å². The number of rotatable bonds is 1. The lowest BCUT2D eigenvalue weighted by molar-refractivity contribution is 0.343. The van der Waals surface area contributed by atoms with Gasteiger partial charge in [0.25, 0.3) is 0 Å². The molecule has 0 saturated carbocycles. The third-order valence-corrected chi connectivity index (χ3v) is 1.55. The summed E-state index contributed by atoms with van der Waals surface area (Å²) in [6.07, 6.45) is 1.53. The zero-order valence-electron chi connectivity index (χ0n) is 6.72. The lowest BCUT2D eigenvalue weighted by Crippen LogP contribution is -2.06. The van der Waals surface area contributed by atoms with Crippen LogP contribution in [0.15, 0.2) is 16.3 Å². The zero-order chi connectivity index (χ0) is 7.56. The lowest BCUT2D eigenvalue weighted by Gasteiger charge is -2.14. The van der Waals surface area contributed by atoms with E-state index in [1.807, 2.05) is 0 Å². The summed E-state index contributed by atoms with van der Waals surface area (Å²) < 4.78 is 5.01. The quantitative estimate of drug-likeness (QED) is 0.544. The molecule has 0 aromatic rings. The summed E-state index contributed by atoms with van der Waals surface area (Å²) in [5.41, 5.74) is 2.42. The molecule has 2 nitrogen and oxygen atoms in total. The van der Waals surface area contributed by atoms with Gasteiger partial charge in [0.15, 0.2) is 6.40 Å². The Balaban J connectivity index is 2.79. The Hall–Kier alpha value is -0.790. The molecule has 1 heterocycles. The monoisotopic (exact) mass is 139 g/mol. The number of aliphatic imine (C=N–C) groups is 1. The van der Waals surface area contributed by atoms with E-state index in [2.05, 4.69) is 25.8 Å². The summed E-state index contributed by atoms with van der Waals surface area (Å²) in [7, 11) is 0. The number of hydrogen-bond acceptors (Lipinski definition) is 2. The Kier molecular flexibility index (Phi) is 2.10. The normalized spacial score (nSPS) is 18.0. The third-order valence-electron chi connectivity index (χ3n) is 1.55. The molecule has 2 heteroatoms. The molecule has 0 fully saturated rings. The molecule has 1 rings (SSSR count). The summed E-state index contributed by atoms with van der Waals surface area (Å²) in [4.78, 5) is 4.14. The Morgan fingerprint density at radius 2 is 2.30 bits per heavy atom. The molecule has 1 aliphatic heterocycles. The van der Waals surface area contributed by atoms with Crippen LogP contribution in [0.4, 0.5) is 0 Å². The highest BCUT2D eigenvalue weighted by Gasteiger charge is 2.08. The van der Waals surface area contributed by atoms with Gasteiger partial charge in [-0.15, -0.1) is 0 Å². The van der Waals surface area contributed by atoms with Crippen LogP contribution in [0, 0.1) is 5.92 Å². The molecule has 0 radical (unpaired) electrons. The van der Waals surface area contributed by atoms with E-state index in [4.69, 9.17) is 4.74 Å². The zero-order valence-corrected chi connectivity index (χ0v) is 6.72. The van der Waals surface area contributed by atoms with Crippen molar-refractivity contribution in [2.75, 3.05) is 6.61 Å². The highest BCUT2D eigenvalue weighted by atomic mass is 16.5. The van der Waals surface area contributed by atoms with Crippen LogP contribution in [0.3, 0.4) is 0 Å². The average Bonchev–Trinajstić information content (AvgIpc) is 1.88. The molecule has 0 spiro atoms. The molecular formula is C8H13NO.